The number of nitrogens with two attached hydrogens (primary N) is 1. The van der Waals surface area contributed by atoms with Crippen LogP contribution in [0.15, 0.2) is 18.2 Å². The van der Waals surface area contributed by atoms with Crippen LogP contribution in [0.1, 0.15) is 31.0 Å². The number of carbonyl (C=O) groups excluding carboxylic acids is 1. The molecule has 0 spiro atoms. The van der Waals surface area contributed by atoms with Crippen molar-refractivity contribution in [2.24, 2.45) is 5.73 Å². The van der Waals surface area contributed by atoms with Gasteiger partial charge in [0, 0.05) is 0 Å². The fourth-order valence-corrected chi connectivity index (χ4v) is 1.31. The number of nitrogens with one attached hydrogen (secondary N) is 1. The Kier molecular flexibility index (Phi) is 4.01. The number of carbonyl (C=O) groups is 1. The lowest BCUT2D eigenvalue weighted by atomic mass is 10.1. The third-order valence-corrected chi connectivity index (χ3v) is 2.47. The van der Waals surface area contributed by atoms with Crippen molar-refractivity contribution in [3.63, 3.8) is 0 Å². The van der Waals surface area contributed by atoms with Crippen LogP contribution in [0.3, 0.4) is 0 Å². The summed E-state index contributed by atoms with van der Waals surface area (Å²) in [6.07, 6.45) is 0. The van der Waals surface area contributed by atoms with E-state index in [4.69, 9.17) is 5.73 Å². The summed E-state index contributed by atoms with van der Waals surface area (Å²) in [6, 6.07) is 4.12. The normalized spacial score (nSPS) is 14.3. The molecule has 0 saturated carbocycles. The predicted molar refractivity (Wildman–Crippen MR) is 61.3 cm³/mol. The van der Waals surface area contributed by atoms with Crippen molar-refractivity contribution < 1.29 is 9.18 Å². The number of benzene rings is 1. The van der Waals surface area contributed by atoms with Crippen molar-refractivity contribution in [2.45, 2.75) is 32.9 Å². The molecule has 1 aromatic carbocycles. The lowest BCUT2D eigenvalue weighted by molar-refractivity contribution is -0.122. The topological polar surface area (TPSA) is 55.1 Å². The van der Waals surface area contributed by atoms with Crippen LogP contribution in [0, 0.1) is 12.7 Å². The van der Waals surface area contributed by atoms with Gasteiger partial charge in [-0.3, -0.25) is 4.79 Å². The molecule has 0 aromatic heterocycles. The lowest BCUT2D eigenvalue weighted by Crippen LogP contribution is -2.39. The van der Waals surface area contributed by atoms with Crippen LogP contribution in [0.5, 0.6) is 0 Å². The van der Waals surface area contributed by atoms with Crippen molar-refractivity contribution in [2.75, 3.05) is 0 Å². The molecule has 0 fully saturated rings. The Hall–Kier alpha value is -1.42. The minimum absolute atomic E-state index is 0.242. The zero-order valence-corrected chi connectivity index (χ0v) is 9.75. The minimum atomic E-state index is -0.558. The monoisotopic (exact) mass is 224 g/mol. The van der Waals surface area contributed by atoms with E-state index in [0.29, 0.717) is 5.56 Å². The Morgan fingerprint density at radius 2 is 2.06 bits per heavy atom. The summed E-state index contributed by atoms with van der Waals surface area (Å²) in [4.78, 5) is 11.3. The molecule has 4 heteroatoms. The maximum Gasteiger partial charge on any atom is 0.237 e. The third-order valence-electron chi connectivity index (χ3n) is 2.47. The highest BCUT2D eigenvalue weighted by atomic mass is 19.1. The van der Waals surface area contributed by atoms with Crippen LogP contribution in [0.4, 0.5) is 4.39 Å². The number of hydrogen-bond acceptors (Lipinski definition) is 2. The second-order valence-corrected chi connectivity index (χ2v) is 4.03. The van der Waals surface area contributed by atoms with E-state index in [1.165, 1.54) is 6.07 Å². The van der Waals surface area contributed by atoms with E-state index in [-0.39, 0.29) is 17.8 Å². The van der Waals surface area contributed by atoms with Gasteiger partial charge >= 0.3 is 0 Å². The summed E-state index contributed by atoms with van der Waals surface area (Å²) in [5.41, 5.74) is 6.76. The van der Waals surface area contributed by atoms with Crippen LogP contribution in [-0.4, -0.2) is 11.9 Å². The molecule has 2 unspecified atom stereocenters. The van der Waals surface area contributed by atoms with E-state index in [1.807, 2.05) is 0 Å². The van der Waals surface area contributed by atoms with E-state index in [2.05, 4.69) is 5.32 Å². The van der Waals surface area contributed by atoms with Crippen molar-refractivity contribution in [3.05, 3.63) is 35.1 Å². The van der Waals surface area contributed by atoms with Crippen molar-refractivity contribution in [1.29, 1.82) is 0 Å². The molecule has 0 aliphatic heterocycles. The van der Waals surface area contributed by atoms with Gasteiger partial charge in [-0.25, -0.2) is 4.39 Å². The first-order valence-electron chi connectivity index (χ1n) is 5.24. The molecule has 1 amide bonds. The molecule has 3 N–H and O–H groups in total. The number of hydrogen-bond donors (Lipinski definition) is 2. The van der Waals surface area contributed by atoms with Gasteiger partial charge in [-0.1, -0.05) is 12.1 Å². The Morgan fingerprint density at radius 1 is 1.44 bits per heavy atom. The first kappa shape index (κ1) is 12.6. The van der Waals surface area contributed by atoms with Crippen LogP contribution in [0.2, 0.25) is 0 Å². The molecule has 0 heterocycles. The maximum absolute atomic E-state index is 13.3. The van der Waals surface area contributed by atoms with Gasteiger partial charge in [0.05, 0.1) is 12.1 Å². The van der Waals surface area contributed by atoms with Gasteiger partial charge in [0.1, 0.15) is 5.82 Å². The van der Waals surface area contributed by atoms with Crippen LogP contribution in [-0.2, 0) is 4.79 Å². The average Bonchev–Trinajstić information content (AvgIpc) is 2.21. The van der Waals surface area contributed by atoms with Gasteiger partial charge in [0.2, 0.25) is 5.91 Å². The number of rotatable bonds is 3. The molecule has 88 valence electrons. The van der Waals surface area contributed by atoms with Crippen molar-refractivity contribution >= 4 is 5.91 Å². The van der Waals surface area contributed by atoms with Crippen molar-refractivity contribution in [1.82, 2.24) is 5.32 Å². The second kappa shape index (κ2) is 5.07. The zero-order valence-electron chi connectivity index (χ0n) is 9.75. The molecule has 0 aliphatic rings. The summed E-state index contributed by atoms with van der Waals surface area (Å²) in [5, 5.41) is 2.71. The fraction of sp³-hybridized carbons (Fsp3) is 0.417. The van der Waals surface area contributed by atoms with Gasteiger partial charge < -0.3 is 11.1 Å². The molecule has 1 rings (SSSR count). The Morgan fingerprint density at radius 3 is 2.56 bits per heavy atom. The Bertz CT molecular complexity index is 391. The molecule has 1 aromatic rings. The number of halogens is 1. The number of aryl methyl sites for hydroxylation is 1. The molecular weight excluding hydrogens is 207 g/mol. The SMILES string of the molecule is Cc1ccc(C(C)NC(=O)C(C)N)cc1F. The quantitative estimate of drug-likeness (QED) is 0.820. The number of amides is 1. The van der Waals surface area contributed by atoms with E-state index in [9.17, 15) is 9.18 Å². The molecule has 0 radical (unpaired) electrons. The van der Waals surface area contributed by atoms with Gasteiger partial charge in [-0.15, -0.1) is 0 Å². The summed E-state index contributed by atoms with van der Waals surface area (Å²) in [5.74, 6) is -0.507. The first-order valence-corrected chi connectivity index (χ1v) is 5.24. The van der Waals surface area contributed by atoms with E-state index >= 15 is 0 Å². The van der Waals surface area contributed by atoms with E-state index < -0.39 is 6.04 Å². The van der Waals surface area contributed by atoms with Crippen LogP contribution < -0.4 is 11.1 Å². The molecule has 0 aliphatic carbocycles. The molecule has 3 nitrogen and oxygen atoms in total. The van der Waals surface area contributed by atoms with Gasteiger partial charge in [0.15, 0.2) is 0 Å². The van der Waals surface area contributed by atoms with E-state index in [0.717, 1.165) is 5.56 Å². The summed E-state index contributed by atoms with van der Waals surface area (Å²) in [6.45, 7) is 5.10. The Labute approximate surface area is 94.8 Å². The summed E-state index contributed by atoms with van der Waals surface area (Å²) >= 11 is 0. The second-order valence-electron chi connectivity index (χ2n) is 4.03. The van der Waals surface area contributed by atoms with Gasteiger partial charge in [-0.2, -0.15) is 0 Å². The summed E-state index contributed by atoms with van der Waals surface area (Å²) in [7, 11) is 0. The van der Waals surface area contributed by atoms with Crippen LogP contribution >= 0.6 is 0 Å². The largest absolute Gasteiger partial charge is 0.348 e. The highest BCUT2D eigenvalue weighted by molar-refractivity contribution is 5.81. The first-order chi connectivity index (χ1) is 7.41. The van der Waals surface area contributed by atoms with Gasteiger partial charge in [0.25, 0.3) is 0 Å². The fourth-order valence-electron chi connectivity index (χ4n) is 1.31. The lowest BCUT2D eigenvalue weighted by Gasteiger charge is -2.16. The molecule has 0 bridgehead atoms. The van der Waals surface area contributed by atoms with E-state index in [1.54, 1.807) is 32.9 Å². The van der Waals surface area contributed by atoms with Gasteiger partial charge in [-0.05, 0) is 38.0 Å². The predicted octanol–water partition coefficient (Wildman–Crippen LogP) is 1.66. The molecule has 16 heavy (non-hydrogen) atoms. The molecule has 2 atom stereocenters. The standard InChI is InChI=1S/C12H17FN2O/c1-7-4-5-10(6-11(7)13)9(3)15-12(16)8(2)14/h4-6,8-9H,14H2,1-3H3,(H,15,16). The minimum Gasteiger partial charge on any atom is -0.348 e. The smallest absolute Gasteiger partial charge is 0.237 e. The molecular formula is C12H17FN2O. The van der Waals surface area contributed by atoms with Crippen LogP contribution in [0.25, 0.3) is 0 Å². The highest BCUT2D eigenvalue weighted by Crippen LogP contribution is 2.16. The third kappa shape index (κ3) is 3.03. The maximum atomic E-state index is 13.3. The highest BCUT2D eigenvalue weighted by Gasteiger charge is 2.13. The molecule has 0 saturated heterocycles. The zero-order chi connectivity index (χ0) is 12.3. The Balaban J connectivity index is 2.77. The average molecular weight is 224 g/mol. The van der Waals surface area contributed by atoms with Crippen molar-refractivity contribution in [3.8, 4) is 0 Å². The summed E-state index contributed by atoms with van der Waals surface area (Å²) < 4.78 is 13.3.